The number of aromatic amines is 1. The van der Waals surface area contributed by atoms with Crippen LogP contribution in [0, 0.1) is 0 Å². The van der Waals surface area contributed by atoms with Crippen LogP contribution < -0.4 is 11.1 Å². The van der Waals surface area contributed by atoms with E-state index in [4.69, 9.17) is 20.2 Å². The molecule has 0 bridgehead atoms. The van der Waals surface area contributed by atoms with Gasteiger partial charge in [-0.25, -0.2) is 14.8 Å². The second kappa shape index (κ2) is 6.40. The van der Waals surface area contributed by atoms with Gasteiger partial charge in [0.25, 0.3) is 0 Å². The molecule has 1 unspecified atom stereocenters. The Kier molecular flexibility index (Phi) is 4.06. The number of urea groups is 1. The number of amides is 2. The molecule has 1 aliphatic rings. The summed E-state index contributed by atoms with van der Waals surface area (Å²) in [4.78, 5) is 23.2. The number of hydrogen-bond acceptors (Lipinski definition) is 5. The number of aromatic nitrogens is 3. The smallest absolute Gasteiger partial charge is 0.317 e. The van der Waals surface area contributed by atoms with Gasteiger partial charge >= 0.3 is 6.03 Å². The zero-order chi connectivity index (χ0) is 18.1. The standard InChI is InChI=1S/C18H19N5O3/c1-25-18(5-6-26-10-18)15-4-2-3-13(22-15)12-8-20-14-9-21-16(7-11(12)14)23-17(19)24/h2-4,7-9,20H,5-6,10H2,1H3,(H3,19,21,23,24). The number of pyridine rings is 2. The number of fused-ring (bicyclic) bond motifs is 1. The number of carbonyl (C=O) groups excluding carboxylic acids is 1. The largest absolute Gasteiger partial charge is 0.378 e. The average molecular weight is 353 g/mol. The van der Waals surface area contributed by atoms with E-state index in [1.807, 2.05) is 24.4 Å². The topological polar surface area (TPSA) is 115 Å². The van der Waals surface area contributed by atoms with Crippen molar-refractivity contribution in [3.05, 3.63) is 42.4 Å². The van der Waals surface area contributed by atoms with Gasteiger partial charge in [-0.05, 0) is 18.2 Å². The molecule has 1 fully saturated rings. The van der Waals surface area contributed by atoms with Gasteiger partial charge in [0, 0.05) is 37.3 Å². The lowest BCUT2D eigenvalue weighted by atomic mass is 9.97. The van der Waals surface area contributed by atoms with Crippen LogP contribution in [0.3, 0.4) is 0 Å². The molecule has 0 aromatic carbocycles. The molecule has 8 heteroatoms. The molecule has 4 heterocycles. The Bertz CT molecular complexity index is 962. The highest BCUT2D eigenvalue weighted by atomic mass is 16.5. The number of rotatable bonds is 4. The molecule has 3 aromatic rings. The summed E-state index contributed by atoms with van der Waals surface area (Å²) in [5, 5.41) is 3.38. The molecular formula is C18H19N5O3. The number of carbonyl (C=O) groups is 1. The van der Waals surface area contributed by atoms with Crippen LogP contribution in [0.5, 0.6) is 0 Å². The molecule has 1 aliphatic heterocycles. The zero-order valence-electron chi connectivity index (χ0n) is 14.3. The van der Waals surface area contributed by atoms with Gasteiger partial charge in [-0.15, -0.1) is 0 Å². The molecule has 4 rings (SSSR count). The highest BCUT2D eigenvalue weighted by molar-refractivity contribution is 5.97. The van der Waals surface area contributed by atoms with Crippen LogP contribution >= 0.6 is 0 Å². The monoisotopic (exact) mass is 353 g/mol. The summed E-state index contributed by atoms with van der Waals surface area (Å²) in [6.07, 6.45) is 4.29. The van der Waals surface area contributed by atoms with Gasteiger partial charge in [-0.1, -0.05) is 6.07 Å². The van der Waals surface area contributed by atoms with Gasteiger partial charge in [-0.3, -0.25) is 5.32 Å². The minimum Gasteiger partial charge on any atom is -0.378 e. The fourth-order valence-corrected chi connectivity index (χ4v) is 3.28. The van der Waals surface area contributed by atoms with Crippen LogP contribution in [0.1, 0.15) is 12.1 Å². The SMILES string of the molecule is COC1(c2cccc(-c3c[nH]c4cnc(NC(N)=O)cc34)n2)CCOC1. The van der Waals surface area contributed by atoms with Gasteiger partial charge in [0.05, 0.1) is 29.7 Å². The van der Waals surface area contributed by atoms with Gasteiger partial charge in [0.2, 0.25) is 0 Å². The molecule has 0 aliphatic carbocycles. The molecule has 1 saturated heterocycles. The first kappa shape index (κ1) is 16.5. The van der Waals surface area contributed by atoms with Crippen LogP contribution in [-0.2, 0) is 15.1 Å². The van der Waals surface area contributed by atoms with Crippen molar-refractivity contribution in [3.8, 4) is 11.3 Å². The summed E-state index contributed by atoms with van der Waals surface area (Å²) >= 11 is 0. The Morgan fingerprint density at radius 3 is 3.08 bits per heavy atom. The molecule has 4 N–H and O–H groups in total. The maximum absolute atomic E-state index is 11.1. The van der Waals surface area contributed by atoms with Crippen LogP contribution in [0.25, 0.3) is 22.2 Å². The van der Waals surface area contributed by atoms with Crippen molar-refractivity contribution in [1.82, 2.24) is 15.0 Å². The van der Waals surface area contributed by atoms with E-state index in [1.165, 1.54) is 0 Å². The highest BCUT2D eigenvalue weighted by Gasteiger charge is 2.38. The van der Waals surface area contributed by atoms with E-state index in [0.717, 1.165) is 34.3 Å². The molecular weight excluding hydrogens is 334 g/mol. The summed E-state index contributed by atoms with van der Waals surface area (Å²) in [5.74, 6) is 0.388. The molecule has 2 amide bonds. The van der Waals surface area contributed by atoms with Gasteiger partial charge in [-0.2, -0.15) is 0 Å². The molecule has 0 radical (unpaired) electrons. The molecule has 1 atom stereocenters. The van der Waals surface area contributed by atoms with E-state index in [1.54, 1.807) is 19.4 Å². The van der Waals surface area contributed by atoms with Crippen molar-refractivity contribution in [2.75, 3.05) is 25.6 Å². The molecule has 26 heavy (non-hydrogen) atoms. The van der Waals surface area contributed by atoms with E-state index in [-0.39, 0.29) is 0 Å². The van der Waals surface area contributed by atoms with E-state index in [2.05, 4.69) is 15.3 Å². The number of ether oxygens (including phenoxy) is 2. The Hall–Kier alpha value is -2.97. The fraction of sp³-hybridized carbons (Fsp3) is 0.278. The third-order valence-corrected chi connectivity index (χ3v) is 4.69. The zero-order valence-corrected chi connectivity index (χ0v) is 14.3. The molecule has 0 spiro atoms. The minimum atomic E-state index is -0.655. The number of nitrogens with two attached hydrogens (primary N) is 1. The third kappa shape index (κ3) is 2.79. The Balaban J connectivity index is 1.78. The first-order valence-electron chi connectivity index (χ1n) is 8.26. The third-order valence-electron chi connectivity index (χ3n) is 4.69. The van der Waals surface area contributed by atoms with Crippen LogP contribution in [0.15, 0.2) is 36.7 Å². The summed E-state index contributed by atoms with van der Waals surface area (Å²) in [6, 6.07) is 6.97. The predicted octanol–water partition coefficient (Wildman–Crippen LogP) is 2.38. The maximum atomic E-state index is 11.1. The Labute approximate surface area is 149 Å². The highest BCUT2D eigenvalue weighted by Crippen LogP contribution is 2.35. The number of primary amides is 1. The lowest BCUT2D eigenvalue weighted by Crippen LogP contribution is -2.30. The second-order valence-corrected chi connectivity index (χ2v) is 6.22. The molecule has 8 nitrogen and oxygen atoms in total. The van der Waals surface area contributed by atoms with Crippen molar-refractivity contribution < 1.29 is 14.3 Å². The van der Waals surface area contributed by atoms with Crippen LogP contribution in [0.4, 0.5) is 10.6 Å². The number of methoxy groups -OCH3 is 1. The van der Waals surface area contributed by atoms with E-state index in [9.17, 15) is 4.79 Å². The summed E-state index contributed by atoms with van der Waals surface area (Å²) in [7, 11) is 1.68. The van der Waals surface area contributed by atoms with Gasteiger partial charge in [0.1, 0.15) is 11.4 Å². The Morgan fingerprint density at radius 1 is 1.46 bits per heavy atom. The van der Waals surface area contributed by atoms with Crippen molar-refractivity contribution in [1.29, 1.82) is 0 Å². The van der Waals surface area contributed by atoms with Gasteiger partial charge in [0.15, 0.2) is 0 Å². The quantitative estimate of drug-likeness (QED) is 0.666. The summed E-state index contributed by atoms with van der Waals surface area (Å²) in [5.41, 5.74) is 8.05. The van der Waals surface area contributed by atoms with E-state index < -0.39 is 11.6 Å². The van der Waals surface area contributed by atoms with Crippen molar-refractivity contribution >= 4 is 22.8 Å². The number of hydrogen-bond donors (Lipinski definition) is 3. The second-order valence-electron chi connectivity index (χ2n) is 6.22. The van der Waals surface area contributed by atoms with E-state index >= 15 is 0 Å². The molecule has 3 aromatic heterocycles. The molecule has 134 valence electrons. The minimum absolute atomic E-state index is 0.388. The van der Waals surface area contributed by atoms with Crippen molar-refractivity contribution in [3.63, 3.8) is 0 Å². The summed E-state index contributed by atoms with van der Waals surface area (Å²) in [6.45, 7) is 1.14. The number of H-pyrrole nitrogens is 1. The van der Waals surface area contributed by atoms with Crippen molar-refractivity contribution in [2.45, 2.75) is 12.0 Å². The maximum Gasteiger partial charge on any atom is 0.317 e. The summed E-state index contributed by atoms with van der Waals surface area (Å²) < 4.78 is 11.3. The normalized spacial score (nSPS) is 19.7. The lowest BCUT2D eigenvalue weighted by molar-refractivity contribution is -0.0245. The van der Waals surface area contributed by atoms with Crippen LogP contribution in [-0.4, -0.2) is 41.3 Å². The predicted molar refractivity (Wildman–Crippen MR) is 96.7 cm³/mol. The van der Waals surface area contributed by atoms with E-state index in [0.29, 0.717) is 19.0 Å². The number of nitrogens with zero attached hydrogens (tertiary/aromatic N) is 2. The fourth-order valence-electron chi connectivity index (χ4n) is 3.28. The first-order valence-corrected chi connectivity index (χ1v) is 8.26. The molecule has 0 saturated carbocycles. The average Bonchev–Trinajstić information content (AvgIpc) is 3.29. The number of nitrogens with one attached hydrogen (secondary N) is 2. The van der Waals surface area contributed by atoms with Gasteiger partial charge < -0.3 is 20.2 Å². The van der Waals surface area contributed by atoms with Crippen LogP contribution in [0.2, 0.25) is 0 Å². The Morgan fingerprint density at radius 2 is 2.35 bits per heavy atom. The lowest BCUT2D eigenvalue weighted by Gasteiger charge is -2.25. The first-order chi connectivity index (χ1) is 12.6. The number of anilines is 1. The van der Waals surface area contributed by atoms with Crippen molar-refractivity contribution in [2.24, 2.45) is 5.73 Å².